The van der Waals surface area contributed by atoms with Gasteiger partial charge in [-0.15, -0.1) is 0 Å². The largest absolute Gasteiger partial charge is 0.354 e. The first-order valence-electron chi connectivity index (χ1n) is 12.0. The Labute approximate surface area is 199 Å². The minimum atomic E-state index is 1.17. The molecular weight excluding hydrogens is 426 g/mol. The van der Waals surface area contributed by atoms with Crippen molar-refractivity contribution in [2.75, 3.05) is 0 Å². The molecule has 162 valence electrons. The van der Waals surface area contributed by atoms with Crippen molar-refractivity contribution in [3.05, 3.63) is 97.1 Å². The number of nitrogens with one attached hydrogen (secondary N) is 3. The molecule has 9 aromatic rings. The van der Waals surface area contributed by atoms with Gasteiger partial charge in [0.25, 0.3) is 0 Å². The number of benzene rings is 6. The van der Waals surface area contributed by atoms with Crippen molar-refractivity contribution in [2.45, 2.75) is 0 Å². The summed E-state index contributed by atoms with van der Waals surface area (Å²) in [6.45, 7) is 0. The highest BCUT2D eigenvalue weighted by atomic mass is 14.7. The van der Waals surface area contributed by atoms with Crippen molar-refractivity contribution in [1.29, 1.82) is 0 Å². The Hall–Kier alpha value is -4.76. The van der Waals surface area contributed by atoms with Gasteiger partial charge < -0.3 is 15.0 Å². The van der Waals surface area contributed by atoms with Crippen LogP contribution >= 0.6 is 0 Å². The molecule has 3 nitrogen and oxygen atoms in total. The van der Waals surface area contributed by atoms with Crippen molar-refractivity contribution in [1.82, 2.24) is 15.0 Å². The van der Waals surface area contributed by atoms with Crippen LogP contribution in [0.4, 0.5) is 0 Å². The zero-order valence-corrected chi connectivity index (χ0v) is 18.7. The van der Waals surface area contributed by atoms with E-state index in [1.54, 1.807) is 0 Å². The van der Waals surface area contributed by atoms with Crippen molar-refractivity contribution in [3.63, 3.8) is 0 Å². The summed E-state index contributed by atoms with van der Waals surface area (Å²) in [7, 11) is 0. The van der Waals surface area contributed by atoms with Gasteiger partial charge in [-0.1, -0.05) is 48.5 Å². The Morgan fingerprint density at radius 3 is 0.886 bits per heavy atom. The normalized spacial score (nSPS) is 12.6. The predicted octanol–water partition coefficient (Wildman–Crippen LogP) is 8.90. The van der Waals surface area contributed by atoms with Crippen LogP contribution < -0.4 is 0 Å². The van der Waals surface area contributed by atoms with Gasteiger partial charge in [0.05, 0.1) is 0 Å². The molecule has 0 radical (unpaired) electrons. The van der Waals surface area contributed by atoms with Crippen LogP contribution in [0.25, 0.3) is 87.0 Å². The number of H-pyrrole nitrogens is 3. The molecule has 3 aromatic heterocycles. The van der Waals surface area contributed by atoms with Gasteiger partial charge in [0.15, 0.2) is 0 Å². The van der Waals surface area contributed by atoms with Gasteiger partial charge in [-0.05, 0) is 70.1 Å². The fraction of sp³-hybridized carbons (Fsp3) is 0. The fourth-order valence-electron chi connectivity index (χ4n) is 6.07. The monoisotopic (exact) mass is 445 g/mol. The number of aromatic nitrogens is 3. The average Bonchev–Trinajstić information content (AvgIpc) is 3.53. The van der Waals surface area contributed by atoms with Crippen LogP contribution in [0.2, 0.25) is 0 Å². The molecule has 3 heteroatoms. The van der Waals surface area contributed by atoms with Crippen LogP contribution in [0.1, 0.15) is 0 Å². The summed E-state index contributed by atoms with van der Waals surface area (Å²) in [5.41, 5.74) is 7.05. The SMILES string of the molecule is c1ccc2cc3c(cc2c1)[nH]c1cc2c(cc13)[nH]c1cc3c(cc12)[nH]c1cc2ccccc2cc13. The molecule has 0 aliphatic carbocycles. The predicted molar refractivity (Wildman–Crippen MR) is 150 cm³/mol. The molecule has 0 spiro atoms. The molecule has 9 rings (SSSR count). The van der Waals surface area contributed by atoms with Gasteiger partial charge in [0, 0.05) is 65.4 Å². The number of fused-ring (bicyclic) bond motifs is 11. The maximum absolute atomic E-state index is 3.72. The van der Waals surface area contributed by atoms with Crippen LogP contribution in [0.3, 0.4) is 0 Å². The molecule has 6 aromatic carbocycles. The van der Waals surface area contributed by atoms with E-state index in [1.807, 2.05) is 0 Å². The van der Waals surface area contributed by atoms with E-state index in [0.717, 1.165) is 0 Å². The number of aromatic amines is 3. The standard InChI is InChI=1S/C32H19N3/c1-3-7-19-11-27-21(9-17(19)5-1)23-13-31-25(15-29(23)33-27)26-16-30-24(14-32(26)35-31)22-10-18-6-2-4-8-20(18)12-28(22)34-30/h1-16,33-35H. The van der Waals surface area contributed by atoms with Gasteiger partial charge in [0.2, 0.25) is 0 Å². The minimum Gasteiger partial charge on any atom is -0.354 e. The lowest BCUT2D eigenvalue weighted by Gasteiger charge is -1.98. The van der Waals surface area contributed by atoms with E-state index in [2.05, 4.69) is 112 Å². The summed E-state index contributed by atoms with van der Waals surface area (Å²) in [4.78, 5) is 11.1. The smallest absolute Gasteiger partial charge is 0.0472 e. The molecule has 3 heterocycles. The van der Waals surface area contributed by atoms with E-state index in [9.17, 15) is 0 Å². The third-order valence-corrected chi connectivity index (χ3v) is 7.77. The van der Waals surface area contributed by atoms with E-state index >= 15 is 0 Å². The zero-order valence-electron chi connectivity index (χ0n) is 18.7. The van der Waals surface area contributed by atoms with Gasteiger partial charge in [-0.25, -0.2) is 0 Å². The summed E-state index contributed by atoms with van der Waals surface area (Å²) in [6, 6.07) is 35.5. The second kappa shape index (κ2) is 6.02. The molecule has 35 heavy (non-hydrogen) atoms. The summed E-state index contributed by atoms with van der Waals surface area (Å²) in [5.74, 6) is 0. The molecule has 0 saturated heterocycles. The topological polar surface area (TPSA) is 47.4 Å². The molecule has 0 aliphatic rings. The summed E-state index contributed by atoms with van der Waals surface area (Å²) >= 11 is 0. The Morgan fingerprint density at radius 2 is 0.543 bits per heavy atom. The first-order chi connectivity index (χ1) is 17.3. The van der Waals surface area contributed by atoms with E-state index in [0.29, 0.717) is 0 Å². The van der Waals surface area contributed by atoms with Crippen molar-refractivity contribution < 1.29 is 0 Å². The lowest BCUT2D eigenvalue weighted by atomic mass is 10.0. The van der Waals surface area contributed by atoms with E-state index < -0.39 is 0 Å². The van der Waals surface area contributed by atoms with Crippen molar-refractivity contribution in [3.8, 4) is 0 Å². The molecule has 0 unspecified atom stereocenters. The highest BCUT2D eigenvalue weighted by molar-refractivity contribution is 6.22. The van der Waals surface area contributed by atoms with Gasteiger partial charge >= 0.3 is 0 Å². The van der Waals surface area contributed by atoms with Gasteiger partial charge in [0.1, 0.15) is 0 Å². The molecule has 0 amide bonds. The van der Waals surface area contributed by atoms with Gasteiger partial charge in [-0.3, -0.25) is 0 Å². The van der Waals surface area contributed by atoms with Crippen molar-refractivity contribution >= 4 is 87.0 Å². The van der Waals surface area contributed by atoms with Crippen LogP contribution in [0.5, 0.6) is 0 Å². The molecular formula is C32H19N3. The van der Waals surface area contributed by atoms with Gasteiger partial charge in [-0.2, -0.15) is 0 Å². The second-order valence-corrected chi connectivity index (χ2v) is 9.75. The van der Waals surface area contributed by atoms with Crippen LogP contribution in [0, 0.1) is 0 Å². The van der Waals surface area contributed by atoms with Crippen LogP contribution in [-0.2, 0) is 0 Å². The summed E-state index contributed by atoms with van der Waals surface area (Å²) < 4.78 is 0. The molecule has 0 fully saturated rings. The van der Waals surface area contributed by atoms with Crippen molar-refractivity contribution in [2.24, 2.45) is 0 Å². The Kier molecular flexibility index (Phi) is 3.04. The Bertz CT molecular complexity index is 2160. The highest BCUT2D eigenvalue weighted by Crippen LogP contribution is 2.38. The van der Waals surface area contributed by atoms with Crippen LogP contribution in [0.15, 0.2) is 97.1 Å². The Balaban J connectivity index is 1.35. The van der Waals surface area contributed by atoms with Crippen LogP contribution in [-0.4, -0.2) is 15.0 Å². The first kappa shape index (κ1) is 17.7. The quantitative estimate of drug-likeness (QED) is 0.209. The fourth-order valence-corrected chi connectivity index (χ4v) is 6.07. The number of hydrogen-bond acceptors (Lipinski definition) is 0. The minimum absolute atomic E-state index is 1.17. The third kappa shape index (κ3) is 2.29. The first-order valence-corrected chi connectivity index (χ1v) is 12.0. The zero-order chi connectivity index (χ0) is 22.7. The lowest BCUT2D eigenvalue weighted by molar-refractivity contribution is 1.54. The molecule has 3 N–H and O–H groups in total. The number of rotatable bonds is 0. The second-order valence-electron chi connectivity index (χ2n) is 9.75. The average molecular weight is 446 g/mol. The number of hydrogen-bond donors (Lipinski definition) is 3. The molecule has 0 saturated carbocycles. The van der Waals surface area contributed by atoms with E-state index in [-0.39, 0.29) is 0 Å². The molecule has 0 atom stereocenters. The molecule has 0 bridgehead atoms. The van der Waals surface area contributed by atoms with E-state index in [4.69, 9.17) is 0 Å². The Morgan fingerprint density at radius 1 is 0.286 bits per heavy atom. The summed E-state index contributed by atoms with van der Waals surface area (Å²) in [5, 5.41) is 12.6. The van der Waals surface area contributed by atoms with E-state index in [1.165, 1.54) is 87.0 Å². The summed E-state index contributed by atoms with van der Waals surface area (Å²) in [6.07, 6.45) is 0. The maximum atomic E-state index is 3.72. The maximum Gasteiger partial charge on any atom is 0.0472 e. The third-order valence-electron chi connectivity index (χ3n) is 7.77. The lowest BCUT2D eigenvalue weighted by Crippen LogP contribution is -1.73. The highest BCUT2D eigenvalue weighted by Gasteiger charge is 2.14. The molecule has 0 aliphatic heterocycles.